The molecule has 1 amide bonds. The van der Waals surface area contributed by atoms with Crippen molar-refractivity contribution in [3.05, 3.63) is 48.6 Å². The van der Waals surface area contributed by atoms with Crippen molar-refractivity contribution in [2.24, 2.45) is 0 Å². The number of unbranched alkanes of at least 4 members (excludes halogenated alkanes) is 41. The number of likely N-dealkylation sites (N-methyl/N-ethyl adjacent to an activating group) is 1. The normalized spacial score (nSPS) is 14.1. The molecule has 9 heteroatoms. The molecule has 0 bridgehead atoms. The number of amides is 1. The maximum Gasteiger partial charge on any atom is 0.472 e. The number of carbonyl (C=O) groups excluding carboxylic acids is 1. The van der Waals surface area contributed by atoms with E-state index in [1.165, 1.54) is 250 Å². The summed E-state index contributed by atoms with van der Waals surface area (Å²) in [6.07, 6.45) is 76.8. The van der Waals surface area contributed by atoms with Crippen molar-refractivity contribution in [3.63, 3.8) is 0 Å². The Balaban J connectivity index is 4.04. The van der Waals surface area contributed by atoms with Crippen molar-refractivity contribution in [2.75, 3.05) is 40.9 Å². The van der Waals surface area contributed by atoms with Crippen LogP contribution in [0.1, 0.15) is 316 Å². The molecular formula is C66H128N2O6P+. The molecule has 8 nitrogen and oxygen atoms in total. The first-order valence-corrected chi connectivity index (χ1v) is 34.0. The number of nitrogens with zero attached hydrogens (tertiary/aromatic N) is 1. The van der Waals surface area contributed by atoms with Crippen LogP contribution in [-0.4, -0.2) is 73.4 Å². The van der Waals surface area contributed by atoms with Crippen molar-refractivity contribution in [3.8, 4) is 0 Å². The average molecular weight is 1080 g/mol. The molecular weight excluding hydrogens is 948 g/mol. The van der Waals surface area contributed by atoms with E-state index in [-0.39, 0.29) is 19.1 Å². The van der Waals surface area contributed by atoms with E-state index in [9.17, 15) is 19.4 Å². The molecule has 0 saturated heterocycles. The summed E-state index contributed by atoms with van der Waals surface area (Å²) in [4.78, 5) is 23.3. The van der Waals surface area contributed by atoms with Crippen molar-refractivity contribution in [1.82, 2.24) is 5.32 Å². The number of hydrogen-bond acceptors (Lipinski definition) is 5. The molecule has 0 aromatic rings. The van der Waals surface area contributed by atoms with Gasteiger partial charge in [-0.3, -0.25) is 13.8 Å². The van der Waals surface area contributed by atoms with Gasteiger partial charge in [-0.25, -0.2) is 4.57 Å². The fourth-order valence-electron chi connectivity index (χ4n) is 9.68. The van der Waals surface area contributed by atoms with Crippen LogP contribution in [0.4, 0.5) is 0 Å². The van der Waals surface area contributed by atoms with Crippen molar-refractivity contribution in [1.29, 1.82) is 0 Å². The van der Waals surface area contributed by atoms with E-state index in [0.717, 1.165) is 44.9 Å². The highest BCUT2D eigenvalue weighted by Crippen LogP contribution is 2.43. The van der Waals surface area contributed by atoms with Gasteiger partial charge in [-0.15, -0.1) is 0 Å². The number of hydrogen-bond donors (Lipinski definition) is 3. The quantitative estimate of drug-likeness (QED) is 0.0243. The van der Waals surface area contributed by atoms with Crippen LogP contribution < -0.4 is 5.32 Å². The van der Waals surface area contributed by atoms with Gasteiger partial charge in [-0.1, -0.05) is 294 Å². The van der Waals surface area contributed by atoms with Crippen molar-refractivity contribution < 1.29 is 32.9 Å². The lowest BCUT2D eigenvalue weighted by molar-refractivity contribution is -0.870. The fourth-order valence-corrected chi connectivity index (χ4v) is 10.4. The van der Waals surface area contributed by atoms with Gasteiger partial charge in [0.25, 0.3) is 0 Å². The number of phosphoric ester groups is 1. The van der Waals surface area contributed by atoms with E-state index < -0.39 is 20.0 Å². The molecule has 3 N–H and O–H groups in total. The van der Waals surface area contributed by atoms with Crippen LogP contribution in [0.5, 0.6) is 0 Å². The van der Waals surface area contributed by atoms with Crippen LogP contribution in [0, 0.1) is 0 Å². The van der Waals surface area contributed by atoms with Crippen LogP contribution in [0.25, 0.3) is 0 Å². The Morgan fingerprint density at radius 2 is 0.773 bits per heavy atom. The van der Waals surface area contributed by atoms with E-state index in [4.69, 9.17) is 9.05 Å². The van der Waals surface area contributed by atoms with E-state index in [1.54, 1.807) is 6.08 Å². The first kappa shape index (κ1) is 73.5. The third-order valence-electron chi connectivity index (χ3n) is 14.8. The Morgan fingerprint density at radius 3 is 1.15 bits per heavy atom. The summed E-state index contributed by atoms with van der Waals surface area (Å²) in [6.45, 7) is 4.83. The number of allylic oxidation sites excluding steroid dienone is 7. The van der Waals surface area contributed by atoms with Gasteiger partial charge in [0, 0.05) is 6.42 Å². The largest absolute Gasteiger partial charge is 0.472 e. The van der Waals surface area contributed by atoms with Crippen LogP contribution in [0.3, 0.4) is 0 Å². The van der Waals surface area contributed by atoms with Gasteiger partial charge in [-0.2, -0.15) is 0 Å². The summed E-state index contributed by atoms with van der Waals surface area (Å²) in [6, 6.07) is -0.864. The van der Waals surface area contributed by atoms with Gasteiger partial charge in [-0.05, 0) is 64.2 Å². The SMILES string of the molecule is CCCCCCCCCCCCC/C=C\C/C=C\CCCCCCCCCCCCCCCCCCCC(=O)NC(COP(=O)(O)OCC[N+](C)(C)C)C(O)/C=C/CC/C=C/CCCCCCCCCCCCCC. The Labute approximate surface area is 467 Å². The van der Waals surface area contributed by atoms with Crippen LogP contribution in [-0.2, 0) is 18.4 Å². The summed E-state index contributed by atoms with van der Waals surface area (Å²) in [5.74, 6) is -0.183. The molecule has 75 heavy (non-hydrogen) atoms. The van der Waals surface area contributed by atoms with E-state index >= 15 is 0 Å². The number of carbonyl (C=O) groups is 1. The summed E-state index contributed by atoms with van der Waals surface area (Å²) in [7, 11) is 1.56. The number of aliphatic hydroxyl groups is 1. The monoisotopic (exact) mass is 1080 g/mol. The van der Waals surface area contributed by atoms with Gasteiger partial charge in [0.15, 0.2) is 0 Å². The Hall–Kier alpha value is -1.54. The number of quaternary nitrogens is 1. The number of rotatable bonds is 60. The van der Waals surface area contributed by atoms with E-state index in [0.29, 0.717) is 17.4 Å². The van der Waals surface area contributed by atoms with Gasteiger partial charge < -0.3 is 19.8 Å². The van der Waals surface area contributed by atoms with Crippen LogP contribution in [0.15, 0.2) is 48.6 Å². The smallest absolute Gasteiger partial charge is 0.387 e. The molecule has 0 aliphatic heterocycles. The van der Waals surface area contributed by atoms with Crippen LogP contribution >= 0.6 is 7.82 Å². The van der Waals surface area contributed by atoms with Crippen molar-refractivity contribution >= 4 is 13.7 Å². The minimum atomic E-state index is -4.36. The summed E-state index contributed by atoms with van der Waals surface area (Å²) < 4.78 is 23.7. The number of aliphatic hydroxyl groups excluding tert-OH is 1. The summed E-state index contributed by atoms with van der Waals surface area (Å²) >= 11 is 0. The molecule has 0 rings (SSSR count). The zero-order valence-electron chi connectivity index (χ0n) is 50.6. The van der Waals surface area contributed by atoms with Crippen LogP contribution in [0.2, 0.25) is 0 Å². The molecule has 0 saturated carbocycles. The Kier molecular flexibility index (Phi) is 56.0. The zero-order valence-corrected chi connectivity index (χ0v) is 51.4. The van der Waals surface area contributed by atoms with Gasteiger partial charge >= 0.3 is 7.82 Å². The first-order chi connectivity index (χ1) is 36.5. The maximum atomic E-state index is 13.0. The van der Waals surface area contributed by atoms with Gasteiger partial charge in [0.2, 0.25) is 5.91 Å². The van der Waals surface area contributed by atoms with E-state index in [1.807, 2.05) is 27.2 Å². The lowest BCUT2D eigenvalue weighted by Crippen LogP contribution is -2.45. The van der Waals surface area contributed by atoms with Gasteiger partial charge in [0.05, 0.1) is 39.9 Å². The third-order valence-corrected chi connectivity index (χ3v) is 15.8. The molecule has 0 spiro atoms. The predicted octanol–water partition coefficient (Wildman–Crippen LogP) is 20.3. The molecule has 0 radical (unpaired) electrons. The maximum absolute atomic E-state index is 13.0. The molecule has 0 aliphatic carbocycles. The first-order valence-electron chi connectivity index (χ1n) is 32.5. The summed E-state index contributed by atoms with van der Waals surface area (Å²) in [5.41, 5.74) is 0. The second kappa shape index (κ2) is 57.2. The Bertz CT molecular complexity index is 1360. The lowest BCUT2D eigenvalue weighted by Gasteiger charge is -2.25. The molecule has 0 aliphatic rings. The minimum absolute atomic E-state index is 0.0566. The number of nitrogens with one attached hydrogen (secondary N) is 1. The molecule has 3 unspecified atom stereocenters. The fraction of sp³-hybridized carbons (Fsp3) is 0.864. The molecule has 0 aromatic carbocycles. The minimum Gasteiger partial charge on any atom is -0.387 e. The molecule has 442 valence electrons. The van der Waals surface area contributed by atoms with Gasteiger partial charge in [0.1, 0.15) is 13.2 Å². The second-order valence-electron chi connectivity index (χ2n) is 23.5. The average Bonchev–Trinajstić information content (AvgIpc) is 3.37. The molecule has 0 heterocycles. The second-order valence-corrected chi connectivity index (χ2v) is 24.9. The Morgan fingerprint density at radius 1 is 0.453 bits per heavy atom. The zero-order chi connectivity index (χ0) is 54.9. The highest BCUT2D eigenvalue weighted by Gasteiger charge is 2.27. The topological polar surface area (TPSA) is 105 Å². The highest BCUT2D eigenvalue weighted by molar-refractivity contribution is 7.47. The van der Waals surface area contributed by atoms with Crippen molar-refractivity contribution in [2.45, 2.75) is 328 Å². The predicted molar refractivity (Wildman–Crippen MR) is 327 cm³/mol. The van der Waals surface area contributed by atoms with E-state index in [2.05, 4.69) is 55.6 Å². The molecule has 0 aromatic heterocycles. The summed E-state index contributed by atoms with van der Waals surface area (Å²) in [5, 5.41) is 13.9. The lowest BCUT2D eigenvalue weighted by atomic mass is 10.0. The third kappa shape index (κ3) is 60.0. The molecule has 3 atom stereocenters. The number of phosphoric acid groups is 1. The standard InChI is InChI=1S/C66H127N2O6P/c1-6-8-10-12-14-16-18-20-22-24-26-27-28-29-30-31-32-33-34-35-36-37-38-39-40-41-42-44-46-48-50-52-54-56-58-60-66(70)67-64(63-74-75(71,72)73-62-61-68(3,4)5)65(69)59-57-55-53-51-49-47-45-43-25-23-21-19-17-15-13-11-9-7-2/h28-29,31-32,49,51,57,59,64-65,69H,6-27,30,33-48,50,52-56,58,60-63H2,1-5H3,(H-,67,70,71,72)/p+1/b29-28-,32-31-,51-49+,59-57+. The highest BCUT2D eigenvalue weighted by atomic mass is 31.2. The molecule has 0 fully saturated rings.